The Morgan fingerprint density at radius 3 is 2.32 bits per heavy atom. The van der Waals surface area contributed by atoms with Gasteiger partial charge in [-0.15, -0.1) is 0 Å². The van der Waals surface area contributed by atoms with Crippen molar-refractivity contribution in [1.29, 1.82) is 5.41 Å². The van der Waals surface area contributed by atoms with Crippen molar-refractivity contribution in [3.05, 3.63) is 35.1 Å². The van der Waals surface area contributed by atoms with Gasteiger partial charge >= 0.3 is 5.97 Å². The molecule has 2 amide bonds. The Kier molecular flexibility index (Phi) is 7.94. The van der Waals surface area contributed by atoms with Crippen LogP contribution in [-0.4, -0.2) is 70.2 Å². The molecule has 186 valence electrons. The number of carbonyl (C=O) groups is 3. The summed E-state index contributed by atoms with van der Waals surface area (Å²) in [4.78, 5) is 40.7. The molecule has 3 N–H and O–H groups in total. The molecule has 2 aliphatic heterocycles. The molecule has 8 nitrogen and oxygen atoms in total. The molecule has 1 unspecified atom stereocenters. The second-order valence-corrected chi connectivity index (χ2v) is 9.89. The number of amidine groups is 1. The lowest BCUT2D eigenvalue weighted by Crippen LogP contribution is -2.55. The first-order valence-electron chi connectivity index (χ1n) is 12.0. The number of carbonyl (C=O) groups excluding carboxylic acids is 2. The maximum atomic E-state index is 14.8. The summed E-state index contributed by atoms with van der Waals surface area (Å²) in [7, 11) is 0. The summed E-state index contributed by atoms with van der Waals surface area (Å²) in [5.41, 5.74) is -0.609. The number of carboxylic acid groups (broad SMARTS) is 1. The number of carboxylic acids is 1. The fourth-order valence-electron chi connectivity index (χ4n) is 4.83. The second kappa shape index (κ2) is 10.5. The molecule has 34 heavy (non-hydrogen) atoms. The summed E-state index contributed by atoms with van der Waals surface area (Å²) < 4.78 is 14.8. The molecule has 0 bridgehead atoms. The second-order valence-electron chi connectivity index (χ2n) is 9.89. The van der Waals surface area contributed by atoms with Gasteiger partial charge in [-0.25, -0.2) is 4.39 Å². The predicted octanol–water partition coefficient (Wildman–Crippen LogP) is 3.10. The Morgan fingerprint density at radius 2 is 1.82 bits per heavy atom. The summed E-state index contributed by atoms with van der Waals surface area (Å²) in [6, 6.07) is 4.18. The van der Waals surface area contributed by atoms with E-state index in [1.165, 1.54) is 12.1 Å². The quantitative estimate of drug-likeness (QED) is 0.396. The summed E-state index contributed by atoms with van der Waals surface area (Å²) in [5.74, 6) is -2.39. The van der Waals surface area contributed by atoms with Gasteiger partial charge in [-0.3, -0.25) is 19.8 Å². The van der Waals surface area contributed by atoms with E-state index < -0.39 is 29.2 Å². The Morgan fingerprint density at radius 1 is 1.18 bits per heavy atom. The fourth-order valence-corrected chi connectivity index (χ4v) is 4.83. The highest BCUT2D eigenvalue weighted by Gasteiger charge is 2.39. The topological polar surface area (TPSA) is 114 Å². The van der Waals surface area contributed by atoms with Crippen molar-refractivity contribution in [2.75, 3.05) is 26.2 Å². The molecule has 2 aliphatic rings. The third kappa shape index (κ3) is 5.74. The molecule has 0 saturated carbocycles. The van der Waals surface area contributed by atoms with Crippen molar-refractivity contribution in [3.63, 3.8) is 0 Å². The first-order chi connectivity index (χ1) is 16.0. The summed E-state index contributed by atoms with van der Waals surface area (Å²) >= 11 is 0. The average molecular weight is 475 g/mol. The van der Waals surface area contributed by atoms with Gasteiger partial charge in [-0.2, -0.15) is 0 Å². The van der Waals surface area contributed by atoms with Crippen LogP contribution in [-0.2, 0) is 9.59 Å². The third-order valence-electron chi connectivity index (χ3n) is 7.06. The summed E-state index contributed by atoms with van der Waals surface area (Å²) in [6.07, 6.45) is 2.91. The number of halogens is 1. The number of benzene rings is 1. The van der Waals surface area contributed by atoms with Crippen LogP contribution in [0.4, 0.5) is 4.39 Å². The van der Waals surface area contributed by atoms with Crippen LogP contribution < -0.4 is 5.32 Å². The van der Waals surface area contributed by atoms with E-state index in [2.05, 4.69) is 5.32 Å². The fraction of sp³-hybridized carbons (Fsp3) is 0.600. The molecular weight excluding hydrogens is 439 g/mol. The molecule has 2 fully saturated rings. The number of hydrogen-bond acceptors (Lipinski definition) is 4. The minimum Gasteiger partial charge on any atom is -0.481 e. The van der Waals surface area contributed by atoms with Crippen molar-refractivity contribution in [2.24, 2.45) is 11.8 Å². The Bertz CT molecular complexity index is 952. The summed E-state index contributed by atoms with van der Waals surface area (Å²) in [6.45, 7) is 7.96. The zero-order valence-electron chi connectivity index (χ0n) is 20.2. The van der Waals surface area contributed by atoms with Gasteiger partial charge in [-0.05, 0) is 57.6 Å². The molecule has 2 saturated heterocycles. The van der Waals surface area contributed by atoms with Crippen LogP contribution in [0.1, 0.15) is 68.8 Å². The van der Waals surface area contributed by atoms with Crippen LogP contribution >= 0.6 is 0 Å². The van der Waals surface area contributed by atoms with Crippen LogP contribution in [0.3, 0.4) is 0 Å². The smallest absolute Gasteiger partial charge is 0.303 e. The maximum Gasteiger partial charge on any atom is 0.303 e. The molecule has 1 aromatic carbocycles. The van der Waals surface area contributed by atoms with Crippen LogP contribution in [0.25, 0.3) is 0 Å². The minimum atomic E-state index is -0.920. The molecule has 2 heterocycles. The normalized spacial score (nSPS) is 17.6. The lowest BCUT2D eigenvalue weighted by Gasteiger charge is -2.39. The Labute approximate surface area is 200 Å². The van der Waals surface area contributed by atoms with Gasteiger partial charge in [0.1, 0.15) is 11.7 Å². The molecule has 3 rings (SSSR count). The van der Waals surface area contributed by atoms with Gasteiger partial charge in [0.05, 0.1) is 11.5 Å². The van der Waals surface area contributed by atoms with E-state index in [-0.39, 0.29) is 29.6 Å². The number of aliphatic carboxylic acids is 1. The van der Waals surface area contributed by atoms with E-state index >= 15 is 0 Å². The molecule has 1 atom stereocenters. The summed E-state index contributed by atoms with van der Waals surface area (Å²) in [5, 5.41) is 20.0. The maximum absolute atomic E-state index is 14.8. The van der Waals surface area contributed by atoms with Crippen LogP contribution in [0.5, 0.6) is 0 Å². The number of likely N-dealkylation sites (tertiary alicyclic amines) is 2. The SMILES string of the molecule is CCC(C(=O)N1CCC(CC(=O)O)CC1)C(C)(C)NC(=O)c1ccc(C(=N)N2CCC2)cc1F. The lowest BCUT2D eigenvalue weighted by atomic mass is 9.82. The van der Waals surface area contributed by atoms with E-state index in [0.29, 0.717) is 37.9 Å². The van der Waals surface area contributed by atoms with Gasteiger partial charge in [0.25, 0.3) is 5.91 Å². The number of amides is 2. The third-order valence-corrected chi connectivity index (χ3v) is 7.06. The van der Waals surface area contributed by atoms with Gasteiger partial charge in [-0.1, -0.05) is 13.0 Å². The molecule has 0 spiro atoms. The van der Waals surface area contributed by atoms with Gasteiger partial charge in [0.15, 0.2) is 0 Å². The van der Waals surface area contributed by atoms with Gasteiger partial charge in [0, 0.05) is 43.7 Å². The van der Waals surface area contributed by atoms with E-state index in [4.69, 9.17) is 10.5 Å². The molecule has 0 radical (unpaired) electrons. The predicted molar refractivity (Wildman–Crippen MR) is 126 cm³/mol. The average Bonchev–Trinajstić information content (AvgIpc) is 2.72. The van der Waals surface area contributed by atoms with E-state index in [9.17, 15) is 18.8 Å². The lowest BCUT2D eigenvalue weighted by molar-refractivity contribution is -0.140. The first kappa shape index (κ1) is 25.6. The van der Waals surface area contributed by atoms with Crippen LogP contribution in [0.15, 0.2) is 18.2 Å². The molecule has 1 aromatic rings. The Balaban J connectivity index is 1.65. The van der Waals surface area contributed by atoms with Crippen molar-refractivity contribution >= 4 is 23.6 Å². The highest BCUT2D eigenvalue weighted by molar-refractivity contribution is 5.99. The van der Waals surface area contributed by atoms with E-state index in [1.54, 1.807) is 24.8 Å². The zero-order valence-corrected chi connectivity index (χ0v) is 20.2. The van der Waals surface area contributed by atoms with Crippen molar-refractivity contribution in [2.45, 2.75) is 58.4 Å². The van der Waals surface area contributed by atoms with Crippen molar-refractivity contribution < 1.29 is 23.9 Å². The highest BCUT2D eigenvalue weighted by Crippen LogP contribution is 2.28. The number of piperidine rings is 1. The number of nitrogens with zero attached hydrogens (tertiary/aromatic N) is 2. The standard InChI is InChI=1S/C25H35FN4O4/c1-4-19(24(34)30-12-8-16(9-13-30)14-21(31)32)25(2,3)28-23(33)18-7-6-17(15-20(18)26)22(27)29-10-5-11-29/h6-7,15-16,19,27H,4-5,8-14H2,1-3H3,(H,28,33)(H,31,32). The van der Waals surface area contributed by atoms with Gasteiger partial charge < -0.3 is 20.2 Å². The zero-order chi connectivity index (χ0) is 25.0. The monoisotopic (exact) mass is 474 g/mol. The van der Waals surface area contributed by atoms with Gasteiger partial charge in [0.2, 0.25) is 5.91 Å². The number of hydrogen-bond donors (Lipinski definition) is 3. The molecule has 0 aromatic heterocycles. The highest BCUT2D eigenvalue weighted by atomic mass is 19.1. The van der Waals surface area contributed by atoms with Crippen molar-refractivity contribution in [1.82, 2.24) is 15.1 Å². The minimum absolute atomic E-state index is 0.0721. The van der Waals surface area contributed by atoms with E-state index in [1.807, 2.05) is 11.8 Å². The van der Waals surface area contributed by atoms with Crippen LogP contribution in [0.2, 0.25) is 0 Å². The van der Waals surface area contributed by atoms with Crippen LogP contribution in [0, 0.1) is 23.1 Å². The Hall–Kier alpha value is -2.97. The number of nitrogens with one attached hydrogen (secondary N) is 2. The molecular formula is C25H35FN4O4. The molecule has 0 aliphatic carbocycles. The van der Waals surface area contributed by atoms with Crippen molar-refractivity contribution in [3.8, 4) is 0 Å². The largest absolute Gasteiger partial charge is 0.481 e. The number of rotatable bonds is 8. The van der Waals surface area contributed by atoms with E-state index in [0.717, 1.165) is 19.5 Å². The first-order valence-corrected chi connectivity index (χ1v) is 12.0. The molecule has 9 heteroatoms.